The lowest BCUT2D eigenvalue weighted by atomic mass is 10.4. The molecule has 2 aromatic rings. The number of hydrogen-bond donors (Lipinski definition) is 0. The minimum atomic E-state index is 0. The van der Waals surface area contributed by atoms with Crippen LogP contribution in [0.2, 0.25) is 0 Å². The molecular formula is C8H10ClN3. The fourth-order valence-electron chi connectivity index (χ4n) is 1.15. The lowest BCUT2D eigenvalue weighted by Crippen LogP contribution is -1.86. The van der Waals surface area contributed by atoms with Crippen LogP contribution in [0, 0.1) is 13.8 Å². The summed E-state index contributed by atoms with van der Waals surface area (Å²) in [5, 5.41) is 0. The van der Waals surface area contributed by atoms with E-state index in [9.17, 15) is 0 Å². The third-order valence-corrected chi connectivity index (χ3v) is 1.91. The van der Waals surface area contributed by atoms with Gasteiger partial charge in [-0.05, 0) is 13.8 Å². The number of halogens is 1. The van der Waals surface area contributed by atoms with Gasteiger partial charge in [0.15, 0.2) is 5.65 Å². The van der Waals surface area contributed by atoms with E-state index < -0.39 is 0 Å². The van der Waals surface area contributed by atoms with Gasteiger partial charge < -0.3 is 4.40 Å². The van der Waals surface area contributed by atoms with Crippen molar-refractivity contribution in [3.8, 4) is 0 Å². The molecule has 0 saturated heterocycles. The van der Waals surface area contributed by atoms with Crippen molar-refractivity contribution in [1.82, 2.24) is 14.4 Å². The molecule has 0 atom stereocenters. The third-order valence-electron chi connectivity index (χ3n) is 1.91. The van der Waals surface area contributed by atoms with E-state index in [-0.39, 0.29) is 12.4 Å². The molecule has 64 valence electrons. The van der Waals surface area contributed by atoms with Crippen molar-refractivity contribution in [2.75, 3.05) is 0 Å². The van der Waals surface area contributed by atoms with Crippen LogP contribution in [0.3, 0.4) is 0 Å². The second kappa shape index (κ2) is 3.11. The molecule has 0 N–H and O–H groups in total. The number of rotatable bonds is 0. The molecule has 0 aliphatic carbocycles. The van der Waals surface area contributed by atoms with Crippen LogP contribution in [0.5, 0.6) is 0 Å². The smallest absolute Gasteiger partial charge is 0.155 e. The normalized spacial score (nSPS) is 9.83. The van der Waals surface area contributed by atoms with Crippen molar-refractivity contribution in [3.05, 3.63) is 30.0 Å². The molecule has 0 bridgehead atoms. The molecule has 0 spiro atoms. The molecule has 3 nitrogen and oxygen atoms in total. The van der Waals surface area contributed by atoms with Crippen LogP contribution in [0.15, 0.2) is 18.6 Å². The number of fused-ring (bicyclic) bond motifs is 1. The average Bonchev–Trinajstić information content (AvgIpc) is 2.30. The van der Waals surface area contributed by atoms with Crippen LogP contribution in [-0.2, 0) is 0 Å². The van der Waals surface area contributed by atoms with Gasteiger partial charge in [0, 0.05) is 18.1 Å². The molecule has 4 heteroatoms. The number of aryl methyl sites for hydroxylation is 2. The summed E-state index contributed by atoms with van der Waals surface area (Å²) in [7, 11) is 0. The standard InChI is InChI=1S/C8H9N3.ClH/c1-6-7(2)11-4-3-9-5-8(11)10-6;/h3-5H,1-2H3;1H. The SMILES string of the molecule is Cc1nc2cnccn2c1C.Cl. The molecule has 0 aliphatic heterocycles. The number of aromatic nitrogens is 3. The summed E-state index contributed by atoms with van der Waals surface area (Å²) >= 11 is 0. The fourth-order valence-corrected chi connectivity index (χ4v) is 1.15. The second-order valence-corrected chi connectivity index (χ2v) is 2.59. The largest absolute Gasteiger partial charge is 0.301 e. The maximum absolute atomic E-state index is 4.31. The first kappa shape index (κ1) is 9.00. The lowest BCUT2D eigenvalue weighted by Gasteiger charge is -1.92. The highest BCUT2D eigenvalue weighted by atomic mass is 35.5. The molecular weight excluding hydrogens is 174 g/mol. The zero-order valence-corrected chi connectivity index (χ0v) is 7.80. The monoisotopic (exact) mass is 183 g/mol. The van der Waals surface area contributed by atoms with Crippen LogP contribution in [-0.4, -0.2) is 14.4 Å². The zero-order valence-electron chi connectivity index (χ0n) is 6.98. The van der Waals surface area contributed by atoms with Gasteiger partial charge in [-0.1, -0.05) is 0 Å². The van der Waals surface area contributed by atoms with Gasteiger partial charge in [-0.2, -0.15) is 0 Å². The van der Waals surface area contributed by atoms with Gasteiger partial charge in [-0.3, -0.25) is 4.98 Å². The maximum Gasteiger partial charge on any atom is 0.155 e. The highest BCUT2D eigenvalue weighted by Crippen LogP contribution is 2.07. The summed E-state index contributed by atoms with van der Waals surface area (Å²) < 4.78 is 2.03. The van der Waals surface area contributed by atoms with E-state index in [1.165, 1.54) is 5.69 Å². The van der Waals surface area contributed by atoms with Crippen molar-refractivity contribution in [3.63, 3.8) is 0 Å². The molecule has 2 aromatic heterocycles. The highest BCUT2D eigenvalue weighted by Gasteiger charge is 2.01. The molecule has 0 unspecified atom stereocenters. The maximum atomic E-state index is 4.31. The fraction of sp³-hybridized carbons (Fsp3) is 0.250. The summed E-state index contributed by atoms with van der Waals surface area (Å²) in [6.45, 7) is 4.05. The first-order valence-corrected chi connectivity index (χ1v) is 3.54. The van der Waals surface area contributed by atoms with Crippen LogP contribution in [0.25, 0.3) is 5.65 Å². The van der Waals surface area contributed by atoms with Gasteiger partial charge in [-0.15, -0.1) is 12.4 Å². The van der Waals surface area contributed by atoms with Gasteiger partial charge in [0.05, 0.1) is 11.9 Å². The van der Waals surface area contributed by atoms with E-state index >= 15 is 0 Å². The van der Waals surface area contributed by atoms with Crippen LogP contribution in [0.4, 0.5) is 0 Å². The Labute approximate surface area is 76.9 Å². The number of hydrogen-bond acceptors (Lipinski definition) is 2. The Bertz CT molecular complexity index is 394. The Kier molecular flexibility index (Phi) is 2.33. The minimum Gasteiger partial charge on any atom is -0.301 e. The topological polar surface area (TPSA) is 30.2 Å². The summed E-state index contributed by atoms with van der Waals surface area (Å²) in [5.41, 5.74) is 3.17. The molecule has 0 saturated carbocycles. The molecule has 0 fully saturated rings. The second-order valence-electron chi connectivity index (χ2n) is 2.59. The predicted octanol–water partition coefficient (Wildman–Crippen LogP) is 1.77. The van der Waals surface area contributed by atoms with Crippen molar-refractivity contribution in [1.29, 1.82) is 0 Å². The first-order valence-electron chi connectivity index (χ1n) is 3.54. The number of nitrogens with zero attached hydrogens (tertiary/aromatic N) is 3. The molecule has 12 heavy (non-hydrogen) atoms. The Morgan fingerprint density at radius 3 is 2.75 bits per heavy atom. The minimum absolute atomic E-state index is 0. The molecule has 0 aliphatic rings. The van der Waals surface area contributed by atoms with Crippen LogP contribution < -0.4 is 0 Å². The third kappa shape index (κ3) is 1.16. The summed E-state index contributed by atoms with van der Waals surface area (Å²) in [6, 6.07) is 0. The Balaban J connectivity index is 0.000000720. The molecule has 0 amide bonds. The van der Waals surface area contributed by atoms with Gasteiger partial charge in [0.1, 0.15) is 0 Å². The molecule has 2 rings (SSSR count). The van der Waals surface area contributed by atoms with Gasteiger partial charge in [-0.25, -0.2) is 4.98 Å². The van der Waals surface area contributed by atoms with Gasteiger partial charge in [0.2, 0.25) is 0 Å². The molecule has 0 radical (unpaired) electrons. The Morgan fingerprint density at radius 2 is 2.08 bits per heavy atom. The molecule has 2 heterocycles. The first-order chi connectivity index (χ1) is 5.29. The van der Waals surface area contributed by atoms with E-state index in [0.717, 1.165) is 11.3 Å². The number of imidazole rings is 1. The van der Waals surface area contributed by atoms with E-state index in [4.69, 9.17) is 0 Å². The van der Waals surface area contributed by atoms with Crippen LogP contribution in [0.1, 0.15) is 11.4 Å². The van der Waals surface area contributed by atoms with Gasteiger partial charge >= 0.3 is 0 Å². The zero-order chi connectivity index (χ0) is 7.84. The van der Waals surface area contributed by atoms with Crippen molar-refractivity contribution in [2.24, 2.45) is 0 Å². The highest BCUT2D eigenvalue weighted by molar-refractivity contribution is 5.85. The van der Waals surface area contributed by atoms with E-state index in [0.29, 0.717) is 0 Å². The predicted molar refractivity (Wildman–Crippen MR) is 49.7 cm³/mol. The molecule has 0 aromatic carbocycles. The van der Waals surface area contributed by atoms with Crippen molar-refractivity contribution >= 4 is 18.1 Å². The lowest BCUT2D eigenvalue weighted by molar-refractivity contribution is 1.07. The summed E-state index contributed by atoms with van der Waals surface area (Å²) in [5.74, 6) is 0. The van der Waals surface area contributed by atoms with Crippen LogP contribution >= 0.6 is 12.4 Å². The Morgan fingerprint density at radius 1 is 1.33 bits per heavy atom. The van der Waals surface area contributed by atoms with Crippen molar-refractivity contribution < 1.29 is 0 Å². The summed E-state index contributed by atoms with van der Waals surface area (Å²) in [4.78, 5) is 8.30. The summed E-state index contributed by atoms with van der Waals surface area (Å²) in [6.07, 6.45) is 5.45. The van der Waals surface area contributed by atoms with Crippen molar-refractivity contribution in [2.45, 2.75) is 13.8 Å². The van der Waals surface area contributed by atoms with E-state index in [1.54, 1.807) is 12.4 Å². The average molecular weight is 184 g/mol. The van der Waals surface area contributed by atoms with E-state index in [2.05, 4.69) is 16.9 Å². The quantitative estimate of drug-likeness (QED) is 0.623. The van der Waals surface area contributed by atoms with Gasteiger partial charge in [0.25, 0.3) is 0 Å². The Hall–Kier alpha value is -1.09. The van der Waals surface area contributed by atoms with E-state index in [1.807, 2.05) is 17.5 Å².